The Morgan fingerprint density at radius 2 is 1.22 bits per heavy atom. The minimum atomic E-state index is -1.69. The molecule has 0 aromatic carbocycles. The minimum Gasteiger partial charge on any atom is -0.432 e. The zero-order valence-corrected chi connectivity index (χ0v) is 38.5. The number of hydrogen-bond acceptors (Lipinski definition) is 17. The van der Waals surface area contributed by atoms with Gasteiger partial charge in [-0.3, -0.25) is 4.79 Å². The van der Waals surface area contributed by atoms with Gasteiger partial charge in [0.15, 0.2) is 12.6 Å². The van der Waals surface area contributed by atoms with E-state index in [1.807, 2.05) is 0 Å². The second-order valence-electron chi connectivity index (χ2n) is 22.8. The molecule has 0 radical (unpaired) electrons. The molecule has 10 N–H and O–H groups in total. The van der Waals surface area contributed by atoms with Crippen molar-refractivity contribution >= 4 is 5.97 Å². The Bertz CT molecular complexity index is 1740. The molecule has 0 amide bonds. The number of esters is 1. The average Bonchev–Trinajstić information content (AvgIpc) is 3.24. The van der Waals surface area contributed by atoms with Crippen molar-refractivity contribution in [2.75, 3.05) is 13.2 Å². The third-order valence-corrected chi connectivity index (χ3v) is 18.4. The predicted octanol–water partition coefficient (Wildman–Crippen LogP) is 0.922. The van der Waals surface area contributed by atoms with E-state index in [1.54, 1.807) is 6.92 Å². The summed E-state index contributed by atoms with van der Waals surface area (Å²) in [7, 11) is 0. The van der Waals surface area contributed by atoms with Gasteiger partial charge < -0.3 is 79.5 Å². The maximum atomic E-state index is 14.6. The Balaban J connectivity index is 0.976. The van der Waals surface area contributed by atoms with E-state index in [0.717, 1.165) is 51.4 Å². The first kappa shape index (κ1) is 49.0. The summed E-state index contributed by atoms with van der Waals surface area (Å²) in [5, 5.41) is 105. The first-order valence-electron chi connectivity index (χ1n) is 23.8. The SMILES string of the molecule is CC1OC(OC2CCC3(C)C4CCC5=C(CCC6(C(=O)OC7OC(CO)C(O)C(O)C7O)CCC(C)(C)CC56)C4(C)CCC3C2(C)C)C(O)C(O)C1OC1OC(CO)C(O)C(O)C1O. The molecule has 5 aliphatic carbocycles. The van der Waals surface area contributed by atoms with E-state index in [-0.39, 0.29) is 39.6 Å². The maximum absolute atomic E-state index is 14.6. The average molecular weight is 913 g/mol. The molecule has 0 aromatic heterocycles. The van der Waals surface area contributed by atoms with Gasteiger partial charge in [0.25, 0.3) is 0 Å². The molecular weight excluding hydrogens is 836 g/mol. The third kappa shape index (κ3) is 7.85. The molecule has 0 spiro atoms. The van der Waals surface area contributed by atoms with Crippen LogP contribution in [0.1, 0.15) is 119 Å². The van der Waals surface area contributed by atoms with Crippen molar-refractivity contribution < 1.29 is 84.3 Å². The number of carbonyl (C=O) groups excluding carboxylic acids is 1. The van der Waals surface area contributed by atoms with Gasteiger partial charge in [0.1, 0.15) is 67.1 Å². The monoisotopic (exact) mass is 913 g/mol. The molecule has 22 unspecified atom stereocenters. The van der Waals surface area contributed by atoms with Crippen LogP contribution < -0.4 is 0 Å². The van der Waals surface area contributed by atoms with E-state index in [9.17, 15) is 55.9 Å². The van der Waals surface area contributed by atoms with Crippen LogP contribution in [-0.4, -0.2) is 168 Å². The molecule has 0 aromatic rings. The van der Waals surface area contributed by atoms with Crippen LogP contribution in [0, 0.1) is 44.8 Å². The van der Waals surface area contributed by atoms with Crippen molar-refractivity contribution in [1.29, 1.82) is 0 Å². The van der Waals surface area contributed by atoms with Crippen molar-refractivity contribution in [2.24, 2.45) is 44.8 Å². The summed E-state index contributed by atoms with van der Waals surface area (Å²) in [6, 6.07) is 0. The van der Waals surface area contributed by atoms with Gasteiger partial charge in [-0.2, -0.15) is 0 Å². The molecule has 64 heavy (non-hydrogen) atoms. The van der Waals surface area contributed by atoms with Crippen molar-refractivity contribution in [1.82, 2.24) is 0 Å². The Morgan fingerprint density at radius 1 is 0.625 bits per heavy atom. The molecule has 6 fully saturated rings. The molecule has 22 atom stereocenters. The number of rotatable bonds is 8. The maximum Gasteiger partial charge on any atom is 0.315 e. The van der Waals surface area contributed by atoms with E-state index in [4.69, 9.17) is 28.4 Å². The van der Waals surface area contributed by atoms with E-state index in [1.165, 1.54) is 11.1 Å². The largest absolute Gasteiger partial charge is 0.432 e. The minimum absolute atomic E-state index is 0.0153. The second kappa shape index (κ2) is 17.5. The fourth-order valence-corrected chi connectivity index (χ4v) is 14.7. The van der Waals surface area contributed by atoms with Crippen molar-refractivity contribution in [3.63, 3.8) is 0 Å². The molecule has 8 rings (SSSR count). The first-order chi connectivity index (χ1) is 30.0. The van der Waals surface area contributed by atoms with E-state index < -0.39 is 117 Å². The van der Waals surface area contributed by atoms with Crippen LogP contribution >= 0.6 is 0 Å². The Labute approximate surface area is 376 Å². The number of aliphatic hydroxyl groups is 10. The Morgan fingerprint density at radius 3 is 1.86 bits per heavy atom. The zero-order valence-electron chi connectivity index (χ0n) is 38.5. The first-order valence-corrected chi connectivity index (χ1v) is 23.8. The van der Waals surface area contributed by atoms with Crippen LogP contribution in [0.3, 0.4) is 0 Å². The fourth-order valence-electron chi connectivity index (χ4n) is 14.7. The molecule has 3 aliphatic heterocycles. The fraction of sp³-hybridized carbons (Fsp3) is 0.936. The van der Waals surface area contributed by atoms with Crippen LogP contribution in [0.2, 0.25) is 0 Å². The number of fused-ring (bicyclic) bond motifs is 6. The van der Waals surface area contributed by atoms with Gasteiger partial charge in [-0.05, 0) is 117 Å². The van der Waals surface area contributed by atoms with Crippen LogP contribution in [0.25, 0.3) is 0 Å². The summed E-state index contributed by atoms with van der Waals surface area (Å²) in [6.07, 6.45) is -12.9. The number of hydrogen-bond donors (Lipinski definition) is 10. The van der Waals surface area contributed by atoms with Gasteiger partial charge in [0, 0.05) is 0 Å². The molecule has 3 saturated carbocycles. The standard InChI is InChI=1S/C47H76O17/c1-21-38(63-40-35(55)32(52)30(50)25(19-48)60-40)34(54)37(57)39(59-21)62-29-12-14-46(7)27(44(29,4)5)11-13-45(6)23-10-15-47(17-16-43(2,3)18-24(47)22(23)8-9-28(45)46)42(58)64-41-36(56)33(53)31(51)26(20-49)61-41/h21,24-41,48-57H,8-20H2,1-7H3. The summed E-state index contributed by atoms with van der Waals surface area (Å²) in [5.74, 6) is 0.0941. The lowest BCUT2D eigenvalue weighted by Crippen LogP contribution is -2.65. The molecule has 17 heteroatoms. The number of carbonyl (C=O) groups is 1. The topological polar surface area (TPSA) is 275 Å². The lowest BCUT2D eigenvalue weighted by atomic mass is 9.38. The highest BCUT2D eigenvalue weighted by molar-refractivity contribution is 5.79. The summed E-state index contributed by atoms with van der Waals surface area (Å²) in [5.41, 5.74) is 1.48. The summed E-state index contributed by atoms with van der Waals surface area (Å²) < 4.78 is 35.8. The molecule has 17 nitrogen and oxygen atoms in total. The van der Waals surface area contributed by atoms with E-state index >= 15 is 0 Å². The Hall–Kier alpha value is -1.39. The predicted molar refractivity (Wildman–Crippen MR) is 224 cm³/mol. The van der Waals surface area contributed by atoms with E-state index in [0.29, 0.717) is 25.2 Å². The molecule has 0 bridgehead atoms. The van der Waals surface area contributed by atoms with Gasteiger partial charge in [-0.1, -0.05) is 52.7 Å². The zero-order chi connectivity index (χ0) is 46.6. The molecule has 366 valence electrons. The number of ether oxygens (including phenoxy) is 6. The molecule has 8 aliphatic rings. The third-order valence-electron chi connectivity index (χ3n) is 18.4. The molecule has 3 heterocycles. The lowest BCUT2D eigenvalue weighted by molar-refractivity contribution is -0.364. The smallest absolute Gasteiger partial charge is 0.315 e. The highest BCUT2D eigenvalue weighted by Gasteiger charge is 2.66. The van der Waals surface area contributed by atoms with Crippen molar-refractivity contribution in [3.8, 4) is 0 Å². The van der Waals surface area contributed by atoms with Crippen LogP contribution in [0.5, 0.6) is 0 Å². The van der Waals surface area contributed by atoms with Gasteiger partial charge in [-0.25, -0.2) is 0 Å². The summed E-state index contributed by atoms with van der Waals surface area (Å²) in [6.45, 7) is 14.2. The summed E-state index contributed by atoms with van der Waals surface area (Å²) in [4.78, 5) is 14.6. The highest BCUT2D eigenvalue weighted by atomic mass is 16.7. The second-order valence-corrected chi connectivity index (χ2v) is 22.8. The quantitative estimate of drug-likeness (QED) is 0.0922. The van der Waals surface area contributed by atoms with Gasteiger partial charge in [0.2, 0.25) is 6.29 Å². The van der Waals surface area contributed by atoms with Gasteiger partial charge >= 0.3 is 5.97 Å². The normalized spacial score (nSPS) is 52.4. The summed E-state index contributed by atoms with van der Waals surface area (Å²) >= 11 is 0. The lowest BCUT2D eigenvalue weighted by Gasteiger charge is -2.67. The number of allylic oxidation sites excluding steroid dienone is 2. The van der Waals surface area contributed by atoms with Crippen LogP contribution in [-0.2, 0) is 33.2 Å². The van der Waals surface area contributed by atoms with E-state index in [2.05, 4.69) is 41.5 Å². The van der Waals surface area contributed by atoms with Crippen LogP contribution in [0.15, 0.2) is 11.1 Å². The molecular formula is C47H76O17. The highest BCUT2D eigenvalue weighted by Crippen LogP contribution is 2.72. The Kier molecular flexibility index (Phi) is 13.4. The molecule has 3 saturated heterocycles. The van der Waals surface area contributed by atoms with Crippen molar-refractivity contribution in [2.45, 2.75) is 217 Å². The van der Waals surface area contributed by atoms with Crippen molar-refractivity contribution in [3.05, 3.63) is 11.1 Å². The van der Waals surface area contributed by atoms with Gasteiger partial charge in [-0.15, -0.1) is 0 Å². The number of aliphatic hydroxyl groups excluding tert-OH is 10. The van der Waals surface area contributed by atoms with Crippen LogP contribution in [0.4, 0.5) is 0 Å². The van der Waals surface area contributed by atoms with Gasteiger partial charge in [0.05, 0.1) is 30.8 Å².